The maximum atomic E-state index is 13.6. The Morgan fingerprint density at radius 3 is 2.29 bits per heavy atom. The molecule has 4 heterocycles. The van der Waals surface area contributed by atoms with E-state index in [1.807, 2.05) is 11.0 Å². The standard InChI is InChI=1S/C29H27N5O7/c1-31-25(37)29(26(38)32(2)28(31)40)15-17-13-16(6-11-21(17)33-12-4-5-22(29)33)14-20-23(35)30-27(39)34(24(20)36)18-7-9-19(41-3)10-8-18/h6-11,13-14,22H,4-5,12,15H2,1-3H3,(H,30,35,39)/b20-14+/t22-/m0/s1. The number of rotatable bonds is 3. The summed E-state index contributed by atoms with van der Waals surface area (Å²) in [5.74, 6) is -2.16. The van der Waals surface area contributed by atoms with Gasteiger partial charge in [-0.05, 0) is 72.9 Å². The molecule has 0 bridgehead atoms. The lowest BCUT2D eigenvalue weighted by molar-refractivity contribution is -0.159. The Labute approximate surface area is 235 Å². The molecule has 1 spiro atoms. The molecule has 210 valence electrons. The number of carbonyl (C=O) groups is 6. The van der Waals surface area contributed by atoms with E-state index in [0.717, 1.165) is 26.8 Å². The van der Waals surface area contributed by atoms with Crippen LogP contribution in [0.4, 0.5) is 21.0 Å². The molecule has 1 atom stereocenters. The maximum Gasteiger partial charge on any atom is 0.335 e. The predicted molar refractivity (Wildman–Crippen MR) is 146 cm³/mol. The topological polar surface area (TPSA) is 137 Å². The smallest absolute Gasteiger partial charge is 0.335 e. The molecule has 0 radical (unpaired) electrons. The molecular formula is C29H27N5O7. The second-order valence-corrected chi connectivity index (χ2v) is 10.6. The van der Waals surface area contributed by atoms with Gasteiger partial charge in [-0.3, -0.25) is 34.3 Å². The van der Waals surface area contributed by atoms with Crippen LogP contribution in [0, 0.1) is 5.41 Å². The fraction of sp³-hybridized carbons (Fsp3) is 0.310. The number of hydrogen-bond donors (Lipinski definition) is 1. The number of imide groups is 4. The molecule has 3 saturated heterocycles. The third kappa shape index (κ3) is 3.74. The third-order valence-corrected chi connectivity index (χ3v) is 8.39. The van der Waals surface area contributed by atoms with Gasteiger partial charge in [-0.2, -0.15) is 0 Å². The molecule has 0 unspecified atom stereocenters. The number of nitrogens with zero attached hydrogens (tertiary/aromatic N) is 4. The second kappa shape index (κ2) is 9.29. The van der Waals surface area contributed by atoms with E-state index in [9.17, 15) is 28.8 Å². The third-order valence-electron chi connectivity index (χ3n) is 8.39. The van der Waals surface area contributed by atoms with Crippen molar-refractivity contribution in [2.45, 2.75) is 25.3 Å². The number of barbiturate groups is 2. The summed E-state index contributed by atoms with van der Waals surface area (Å²) in [5.41, 5.74) is 0.561. The van der Waals surface area contributed by atoms with Crippen LogP contribution in [0.3, 0.4) is 0 Å². The molecule has 41 heavy (non-hydrogen) atoms. The first kappa shape index (κ1) is 26.2. The summed E-state index contributed by atoms with van der Waals surface area (Å²) in [7, 11) is 4.26. The first-order chi connectivity index (χ1) is 19.6. The minimum Gasteiger partial charge on any atom is -0.497 e. The summed E-state index contributed by atoms with van der Waals surface area (Å²) < 4.78 is 5.13. The second-order valence-electron chi connectivity index (χ2n) is 10.6. The summed E-state index contributed by atoms with van der Waals surface area (Å²) in [6.45, 7) is 0.640. The highest BCUT2D eigenvalue weighted by atomic mass is 16.5. The highest BCUT2D eigenvalue weighted by Gasteiger charge is 2.63. The molecule has 4 aliphatic rings. The van der Waals surface area contributed by atoms with Crippen LogP contribution in [-0.2, 0) is 25.6 Å². The van der Waals surface area contributed by atoms with E-state index in [-0.39, 0.29) is 17.7 Å². The Balaban J connectivity index is 1.39. The van der Waals surface area contributed by atoms with Gasteiger partial charge >= 0.3 is 12.1 Å². The lowest BCUT2D eigenvalue weighted by Crippen LogP contribution is -2.70. The molecule has 2 aromatic rings. The highest BCUT2D eigenvalue weighted by Crippen LogP contribution is 2.49. The van der Waals surface area contributed by atoms with Crippen molar-refractivity contribution in [2.24, 2.45) is 5.41 Å². The molecule has 6 rings (SSSR count). The van der Waals surface area contributed by atoms with E-state index in [2.05, 4.69) is 5.32 Å². The monoisotopic (exact) mass is 557 g/mol. The van der Waals surface area contributed by atoms with Crippen LogP contribution >= 0.6 is 0 Å². The molecule has 0 saturated carbocycles. The summed E-state index contributed by atoms with van der Waals surface area (Å²) in [6.07, 6.45) is 2.86. The van der Waals surface area contributed by atoms with E-state index in [1.165, 1.54) is 39.4 Å². The van der Waals surface area contributed by atoms with Gasteiger partial charge in [0.15, 0.2) is 5.41 Å². The van der Waals surface area contributed by atoms with Gasteiger partial charge in [0.1, 0.15) is 11.3 Å². The average Bonchev–Trinajstić information content (AvgIpc) is 3.47. The number of nitrogens with one attached hydrogen (secondary N) is 1. The molecule has 8 amide bonds. The SMILES string of the molecule is COc1ccc(N2C(=O)NC(=O)/C(=C\c3ccc4c(c3)CC3(C(=O)N(C)C(=O)N(C)C3=O)[C@@H]3CCCN43)C2=O)cc1. The van der Waals surface area contributed by atoms with E-state index >= 15 is 0 Å². The number of hydrogen-bond acceptors (Lipinski definition) is 8. The fourth-order valence-corrected chi connectivity index (χ4v) is 6.42. The van der Waals surface area contributed by atoms with Gasteiger partial charge in [0, 0.05) is 26.3 Å². The molecule has 12 nitrogen and oxygen atoms in total. The molecule has 2 aromatic carbocycles. The zero-order valence-corrected chi connectivity index (χ0v) is 22.7. The minimum atomic E-state index is -1.47. The molecular weight excluding hydrogens is 530 g/mol. The number of anilines is 2. The maximum absolute atomic E-state index is 13.6. The van der Waals surface area contributed by atoms with Crippen LogP contribution in [0.5, 0.6) is 5.75 Å². The number of fused-ring (bicyclic) bond motifs is 4. The number of ether oxygens (including phenoxy) is 1. The zero-order chi connectivity index (χ0) is 29.2. The largest absolute Gasteiger partial charge is 0.497 e. The van der Waals surface area contributed by atoms with E-state index in [1.54, 1.807) is 24.3 Å². The van der Waals surface area contributed by atoms with Crippen molar-refractivity contribution in [1.29, 1.82) is 0 Å². The summed E-state index contributed by atoms with van der Waals surface area (Å²) >= 11 is 0. The summed E-state index contributed by atoms with van der Waals surface area (Å²) in [6, 6.07) is 9.66. The van der Waals surface area contributed by atoms with Crippen LogP contribution in [0.2, 0.25) is 0 Å². The molecule has 3 fully saturated rings. The van der Waals surface area contributed by atoms with Gasteiger partial charge in [0.2, 0.25) is 11.8 Å². The Morgan fingerprint density at radius 1 is 0.951 bits per heavy atom. The van der Waals surface area contributed by atoms with Crippen molar-refractivity contribution < 1.29 is 33.5 Å². The van der Waals surface area contributed by atoms with Crippen molar-refractivity contribution in [3.63, 3.8) is 0 Å². The summed E-state index contributed by atoms with van der Waals surface area (Å²) in [5, 5.41) is 2.21. The van der Waals surface area contributed by atoms with Crippen LogP contribution in [-0.4, -0.2) is 79.3 Å². The number of benzene rings is 2. The van der Waals surface area contributed by atoms with Gasteiger partial charge in [-0.15, -0.1) is 0 Å². The lowest BCUT2D eigenvalue weighted by atomic mass is 9.68. The van der Waals surface area contributed by atoms with Crippen molar-refractivity contribution in [2.75, 3.05) is 37.5 Å². The Hall–Kier alpha value is -5.00. The minimum absolute atomic E-state index is 0.0662. The lowest BCUT2D eigenvalue weighted by Gasteiger charge is -2.50. The van der Waals surface area contributed by atoms with Crippen molar-refractivity contribution in [1.82, 2.24) is 15.1 Å². The van der Waals surface area contributed by atoms with Crippen LogP contribution in [0.15, 0.2) is 48.0 Å². The fourth-order valence-electron chi connectivity index (χ4n) is 6.42. The highest BCUT2D eigenvalue weighted by molar-refractivity contribution is 6.39. The first-order valence-corrected chi connectivity index (χ1v) is 13.1. The van der Waals surface area contributed by atoms with E-state index < -0.39 is 47.1 Å². The predicted octanol–water partition coefficient (Wildman–Crippen LogP) is 1.92. The Morgan fingerprint density at radius 2 is 1.63 bits per heavy atom. The average molecular weight is 558 g/mol. The van der Waals surface area contributed by atoms with Gasteiger partial charge in [-0.25, -0.2) is 14.5 Å². The Kier molecular flexibility index (Phi) is 5.94. The zero-order valence-electron chi connectivity index (χ0n) is 22.7. The van der Waals surface area contributed by atoms with Gasteiger partial charge < -0.3 is 9.64 Å². The van der Waals surface area contributed by atoms with Crippen molar-refractivity contribution in [3.05, 3.63) is 59.2 Å². The van der Waals surface area contributed by atoms with Gasteiger partial charge in [0.25, 0.3) is 11.8 Å². The quantitative estimate of drug-likeness (QED) is 0.344. The Bertz CT molecular complexity index is 1560. The molecule has 4 aliphatic heterocycles. The van der Waals surface area contributed by atoms with E-state index in [0.29, 0.717) is 29.8 Å². The summed E-state index contributed by atoms with van der Waals surface area (Å²) in [4.78, 5) is 83.4. The molecule has 12 heteroatoms. The van der Waals surface area contributed by atoms with Crippen molar-refractivity contribution >= 4 is 53.1 Å². The normalized spacial score (nSPS) is 22.9. The van der Waals surface area contributed by atoms with Crippen LogP contribution in [0.25, 0.3) is 6.08 Å². The van der Waals surface area contributed by atoms with Crippen molar-refractivity contribution in [3.8, 4) is 5.75 Å². The number of carbonyl (C=O) groups excluding carboxylic acids is 6. The first-order valence-electron chi connectivity index (χ1n) is 13.1. The molecule has 1 N–H and O–H groups in total. The van der Waals surface area contributed by atoms with Gasteiger partial charge in [-0.1, -0.05) is 6.07 Å². The number of amides is 8. The van der Waals surface area contributed by atoms with Gasteiger partial charge in [0.05, 0.1) is 18.8 Å². The number of methoxy groups -OCH3 is 1. The van der Waals surface area contributed by atoms with E-state index in [4.69, 9.17) is 4.74 Å². The molecule has 0 aromatic heterocycles. The number of urea groups is 2. The van der Waals surface area contributed by atoms with Crippen LogP contribution in [0.1, 0.15) is 24.0 Å². The van der Waals surface area contributed by atoms with Crippen LogP contribution < -0.4 is 19.9 Å². The molecule has 0 aliphatic carbocycles.